The minimum absolute atomic E-state index is 0.151. The molecule has 0 unspecified atom stereocenters. The van der Waals surface area contributed by atoms with E-state index in [9.17, 15) is 4.79 Å². The molecule has 23 heavy (non-hydrogen) atoms. The van der Waals surface area contributed by atoms with Crippen molar-refractivity contribution in [3.63, 3.8) is 0 Å². The number of nitrogens with zero attached hydrogens (tertiary/aromatic N) is 1. The summed E-state index contributed by atoms with van der Waals surface area (Å²) in [5, 5.41) is 6.78. The summed E-state index contributed by atoms with van der Waals surface area (Å²) in [5.41, 5.74) is 1.47. The minimum Gasteiger partial charge on any atom is -0.381 e. The minimum atomic E-state index is -0.204. The van der Waals surface area contributed by atoms with E-state index in [4.69, 9.17) is 14.0 Å². The molecule has 2 heterocycles. The van der Waals surface area contributed by atoms with Crippen molar-refractivity contribution in [3.05, 3.63) is 41.3 Å². The average molecular weight is 318 g/mol. The number of aromatic nitrogens is 1. The summed E-state index contributed by atoms with van der Waals surface area (Å²) in [4.78, 5) is 12.1. The molecule has 6 heteroatoms. The van der Waals surface area contributed by atoms with Gasteiger partial charge in [0.1, 0.15) is 6.61 Å². The van der Waals surface area contributed by atoms with Crippen LogP contribution in [0.1, 0.15) is 41.9 Å². The van der Waals surface area contributed by atoms with E-state index < -0.39 is 0 Å². The lowest BCUT2D eigenvalue weighted by molar-refractivity contribution is 0.0692. The van der Waals surface area contributed by atoms with E-state index in [2.05, 4.69) is 28.7 Å². The summed E-state index contributed by atoms with van der Waals surface area (Å²) in [6.45, 7) is 2.23. The smallest absolute Gasteiger partial charge is 0.273 e. The van der Waals surface area contributed by atoms with Gasteiger partial charge in [-0.05, 0) is 31.3 Å². The highest BCUT2D eigenvalue weighted by molar-refractivity contribution is 5.92. The van der Waals surface area contributed by atoms with Crippen molar-refractivity contribution in [2.75, 3.05) is 19.8 Å². The Morgan fingerprint density at radius 1 is 1.30 bits per heavy atom. The van der Waals surface area contributed by atoms with Gasteiger partial charge in [0, 0.05) is 25.3 Å². The van der Waals surface area contributed by atoms with E-state index in [0.717, 1.165) is 25.7 Å². The molecule has 1 aromatic heterocycles. The fraction of sp³-hybridized carbons (Fsp3) is 0.529. The predicted molar refractivity (Wildman–Crippen MR) is 83.9 cm³/mol. The van der Waals surface area contributed by atoms with Gasteiger partial charge >= 0.3 is 0 Å². The quantitative estimate of drug-likeness (QED) is 0.871. The second-order valence-electron chi connectivity index (χ2n) is 5.79. The number of hydrogen-bond acceptors (Lipinski definition) is 5. The standard InChI is InChI=1S/C17H22N2O4/c20-17(18-14-6-8-21-9-7-14)16-10-15(23-19-16)12-22-11-13-4-2-1-3-5-13/h2,4-5,10,14H,1,3,6-9,11-12H2,(H,18,20). The van der Waals surface area contributed by atoms with Gasteiger partial charge in [-0.3, -0.25) is 4.79 Å². The molecule has 1 N–H and O–H groups in total. The molecule has 1 aromatic rings. The number of rotatable bonds is 6. The molecule has 0 saturated carbocycles. The Morgan fingerprint density at radius 2 is 2.17 bits per heavy atom. The summed E-state index contributed by atoms with van der Waals surface area (Å²) < 4.78 is 16.0. The molecule has 0 aromatic carbocycles. The molecule has 1 aliphatic heterocycles. The molecular formula is C17H22N2O4. The topological polar surface area (TPSA) is 73.6 Å². The molecule has 124 valence electrons. The first kappa shape index (κ1) is 16.0. The highest BCUT2D eigenvalue weighted by atomic mass is 16.5. The summed E-state index contributed by atoms with van der Waals surface area (Å²) >= 11 is 0. The van der Waals surface area contributed by atoms with Gasteiger partial charge in [-0.2, -0.15) is 0 Å². The van der Waals surface area contributed by atoms with Gasteiger partial charge in [-0.25, -0.2) is 0 Å². The van der Waals surface area contributed by atoms with Crippen LogP contribution in [0.2, 0.25) is 0 Å². The van der Waals surface area contributed by atoms with Crippen LogP contribution in [0.5, 0.6) is 0 Å². The normalized spacial score (nSPS) is 18.7. The van der Waals surface area contributed by atoms with Crippen LogP contribution < -0.4 is 5.32 Å². The summed E-state index contributed by atoms with van der Waals surface area (Å²) in [6, 6.07) is 1.79. The lowest BCUT2D eigenvalue weighted by atomic mass is 10.1. The Morgan fingerprint density at radius 3 is 2.96 bits per heavy atom. The molecular weight excluding hydrogens is 296 g/mol. The largest absolute Gasteiger partial charge is 0.381 e. The van der Waals surface area contributed by atoms with Gasteiger partial charge in [0.25, 0.3) is 5.91 Å². The summed E-state index contributed by atoms with van der Waals surface area (Å²) in [5.74, 6) is 0.354. The number of amides is 1. The third-order valence-corrected chi connectivity index (χ3v) is 3.93. The second-order valence-corrected chi connectivity index (χ2v) is 5.79. The molecule has 2 aliphatic rings. The number of carbonyl (C=O) groups is 1. The van der Waals surface area contributed by atoms with Crippen LogP contribution in [-0.2, 0) is 16.1 Å². The number of carbonyl (C=O) groups excluding carboxylic acids is 1. The molecule has 0 spiro atoms. The van der Waals surface area contributed by atoms with E-state index >= 15 is 0 Å². The first-order valence-corrected chi connectivity index (χ1v) is 8.09. The Labute approximate surface area is 135 Å². The van der Waals surface area contributed by atoms with Crippen LogP contribution in [0.25, 0.3) is 0 Å². The van der Waals surface area contributed by atoms with E-state index in [1.165, 1.54) is 5.57 Å². The van der Waals surface area contributed by atoms with Crippen LogP contribution in [-0.4, -0.2) is 36.9 Å². The fourth-order valence-corrected chi connectivity index (χ4v) is 2.63. The van der Waals surface area contributed by atoms with Crippen molar-refractivity contribution in [2.45, 2.75) is 38.3 Å². The van der Waals surface area contributed by atoms with E-state index in [1.807, 2.05) is 0 Å². The highest BCUT2D eigenvalue weighted by Gasteiger charge is 2.19. The molecule has 6 nitrogen and oxygen atoms in total. The Balaban J connectivity index is 1.44. The Bertz CT molecular complexity index is 585. The zero-order valence-electron chi connectivity index (χ0n) is 13.1. The van der Waals surface area contributed by atoms with Crippen LogP contribution in [0.4, 0.5) is 0 Å². The van der Waals surface area contributed by atoms with E-state index in [0.29, 0.717) is 37.9 Å². The third kappa shape index (κ3) is 4.77. The zero-order chi connectivity index (χ0) is 15.9. The maximum absolute atomic E-state index is 12.1. The van der Waals surface area contributed by atoms with Crippen LogP contribution in [0, 0.1) is 0 Å². The Kier molecular flexibility index (Phi) is 5.60. The van der Waals surface area contributed by atoms with Crippen LogP contribution >= 0.6 is 0 Å². The summed E-state index contributed by atoms with van der Waals surface area (Å²) in [6.07, 6.45) is 10.2. The number of hydrogen-bond donors (Lipinski definition) is 1. The van der Waals surface area contributed by atoms with Gasteiger partial charge < -0.3 is 19.3 Å². The monoisotopic (exact) mass is 318 g/mol. The van der Waals surface area contributed by atoms with Crippen molar-refractivity contribution < 1.29 is 18.8 Å². The zero-order valence-corrected chi connectivity index (χ0v) is 13.1. The van der Waals surface area contributed by atoms with Crippen molar-refractivity contribution in [2.24, 2.45) is 0 Å². The van der Waals surface area contributed by atoms with Crippen LogP contribution in [0.15, 0.2) is 34.4 Å². The SMILES string of the molecule is O=C(NC1CCOCC1)c1cc(COCC2=CCCC=C2)on1. The molecule has 1 fully saturated rings. The molecule has 1 amide bonds. The van der Waals surface area contributed by atoms with Crippen molar-refractivity contribution in [3.8, 4) is 0 Å². The number of nitrogens with one attached hydrogen (secondary N) is 1. The van der Waals surface area contributed by atoms with Gasteiger partial charge in [0.2, 0.25) is 0 Å². The average Bonchev–Trinajstić information content (AvgIpc) is 3.06. The molecule has 0 radical (unpaired) electrons. The molecule has 0 atom stereocenters. The summed E-state index contributed by atoms with van der Waals surface area (Å²) in [7, 11) is 0. The van der Waals surface area contributed by atoms with E-state index in [-0.39, 0.29) is 11.9 Å². The third-order valence-electron chi connectivity index (χ3n) is 3.93. The van der Waals surface area contributed by atoms with Crippen molar-refractivity contribution >= 4 is 5.91 Å². The van der Waals surface area contributed by atoms with Gasteiger partial charge in [0.05, 0.1) is 6.61 Å². The van der Waals surface area contributed by atoms with Crippen molar-refractivity contribution in [1.82, 2.24) is 10.5 Å². The lowest BCUT2D eigenvalue weighted by Crippen LogP contribution is -2.39. The number of ether oxygens (including phenoxy) is 2. The first-order valence-electron chi connectivity index (χ1n) is 8.09. The molecule has 3 rings (SSSR count). The molecule has 1 saturated heterocycles. The number of allylic oxidation sites excluding steroid dienone is 2. The van der Waals surface area contributed by atoms with Gasteiger partial charge in [-0.1, -0.05) is 23.4 Å². The van der Waals surface area contributed by atoms with Gasteiger partial charge in [-0.15, -0.1) is 0 Å². The second kappa shape index (κ2) is 8.08. The van der Waals surface area contributed by atoms with E-state index in [1.54, 1.807) is 6.07 Å². The maximum atomic E-state index is 12.1. The highest BCUT2D eigenvalue weighted by Crippen LogP contribution is 2.12. The van der Waals surface area contributed by atoms with Crippen molar-refractivity contribution in [1.29, 1.82) is 0 Å². The molecule has 1 aliphatic carbocycles. The predicted octanol–water partition coefficient (Wildman–Crippen LogP) is 2.38. The molecule has 0 bridgehead atoms. The van der Waals surface area contributed by atoms with Crippen LogP contribution in [0.3, 0.4) is 0 Å². The fourth-order valence-electron chi connectivity index (χ4n) is 2.63. The Hall–Kier alpha value is -1.92. The maximum Gasteiger partial charge on any atom is 0.273 e. The first-order chi connectivity index (χ1) is 11.3. The van der Waals surface area contributed by atoms with Gasteiger partial charge in [0.15, 0.2) is 11.5 Å². The lowest BCUT2D eigenvalue weighted by Gasteiger charge is -2.22.